The lowest BCUT2D eigenvalue weighted by Crippen LogP contribution is -2.25. The third kappa shape index (κ3) is 1.42. The quantitative estimate of drug-likeness (QED) is 0.675. The Balaban J connectivity index is 3.05. The maximum Gasteiger partial charge on any atom is 0.142 e. The van der Waals surface area contributed by atoms with E-state index in [0.717, 1.165) is 11.5 Å². The zero-order valence-corrected chi connectivity index (χ0v) is 7.97. The van der Waals surface area contributed by atoms with E-state index >= 15 is 0 Å². The van der Waals surface area contributed by atoms with E-state index in [4.69, 9.17) is 4.42 Å². The van der Waals surface area contributed by atoms with Gasteiger partial charge in [0, 0.05) is 0 Å². The molecule has 1 heterocycles. The fraction of sp³-hybridized carbons (Fsp3) is 0.500. The molecule has 0 aliphatic rings. The average molecular weight is 166 g/mol. The molecule has 2 nitrogen and oxygen atoms in total. The molecule has 0 bridgehead atoms. The van der Waals surface area contributed by atoms with Gasteiger partial charge in [-0.05, 0) is 39.8 Å². The minimum atomic E-state index is -0.492. The summed E-state index contributed by atoms with van der Waals surface area (Å²) >= 11 is 0. The van der Waals surface area contributed by atoms with E-state index in [1.165, 1.54) is 0 Å². The highest BCUT2D eigenvalue weighted by Gasteiger charge is 2.29. The number of hydrogen-bond acceptors (Lipinski definition) is 2. The molecule has 1 rings (SSSR count). The molecule has 0 saturated heterocycles. The molecule has 0 amide bonds. The lowest BCUT2D eigenvalue weighted by molar-refractivity contribution is -0.121. The summed E-state index contributed by atoms with van der Waals surface area (Å²) in [5.74, 6) is 1.71. The molecule has 12 heavy (non-hydrogen) atoms. The van der Waals surface area contributed by atoms with Gasteiger partial charge in [0.25, 0.3) is 0 Å². The van der Waals surface area contributed by atoms with Gasteiger partial charge in [0.15, 0.2) is 0 Å². The Morgan fingerprint density at radius 1 is 1.42 bits per heavy atom. The van der Waals surface area contributed by atoms with Crippen molar-refractivity contribution >= 4 is 5.78 Å². The molecule has 0 aliphatic heterocycles. The van der Waals surface area contributed by atoms with Crippen LogP contribution in [-0.4, -0.2) is 5.78 Å². The number of hydrogen-bond donors (Lipinski definition) is 0. The zero-order chi connectivity index (χ0) is 9.35. The van der Waals surface area contributed by atoms with E-state index in [1.807, 2.05) is 32.9 Å². The molecule has 0 atom stereocenters. The van der Waals surface area contributed by atoms with Crippen LogP contribution in [0.15, 0.2) is 16.5 Å². The van der Waals surface area contributed by atoms with E-state index in [9.17, 15) is 4.79 Å². The molecule has 2 heteroatoms. The van der Waals surface area contributed by atoms with Crippen molar-refractivity contribution in [3.63, 3.8) is 0 Å². The van der Waals surface area contributed by atoms with Crippen LogP contribution in [0.1, 0.15) is 32.3 Å². The van der Waals surface area contributed by atoms with Gasteiger partial charge in [0.1, 0.15) is 17.3 Å². The van der Waals surface area contributed by atoms with Crippen molar-refractivity contribution < 1.29 is 9.21 Å². The number of aryl methyl sites for hydroxylation is 1. The number of ketones is 1. The molecule has 0 saturated carbocycles. The minimum Gasteiger partial charge on any atom is -0.465 e. The fourth-order valence-electron chi connectivity index (χ4n) is 0.944. The first kappa shape index (κ1) is 9.04. The van der Waals surface area contributed by atoms with Crippen LogP contribution in [0, 0.1) is 6.92 Å². The molecule has 0 fully saturated rings. The van der Waals surface area contributed by atoms with Crippen LogP contribution in [0.5, 0.6) is 0 Å². The highest BCUT2D eigenvalue weighted by Crippen LogP contribution is 2.25. The summed E-state index contributed by atoms with van der Waals surface area (Å²) in [6, 6.07) is 3.73. The van der Waals surface area contributed by atoms with E-state index in [0.29, 0.717) is 0 Å². The Kier molecular flexibility index (Phi) is 2.09. The number of carbonyl (C=O) groups excluding carboxylic acids is 1. The summed E-state index contributed by atoms with van der Waals surface area (Å²) in [6.07, 6.45) is 0. The maximum atomic E-state index is 11.2. The van der Waals surface area contributed by atoms with Gasteiger partial charge >= 0.3 is 0 Å². The van der Waals surface area contributed by atoms with Crippen LogP contribution in [0.25, 0.3) is 0 Å². The van der Waals surface area contributed by atoms with Crippen LogP contribution < -0.4 is 0 Å². The first-order valence-electron chi connectivity index (χ1n) is 4.02. The van der Waals surface area contributed by atoms with Gasteiger partial charge in [-0.2, -0.15) is 0 Å². The summed E-state index contributed by atoms with van der Waals surface area (Å²) in [4.78, 5) is 11.2. The molecule has 0 radical (unpaired) electrons. The van der Waals surface area contributed by atoms with Gasteiger partial charge in [-0.15, -0.1) is 0 Å². The predicted octanol–water partition coefficient (Wildman–Crippen LogP) is 2.45. The fourth-order valence-corrected chi connectivity index (χ4v) is 0.944. The highest BCUT2D eigenvalue weighted by molar-refractivity contribution is 5.86. The van der Waals surface area contributed by atoms with Crippen LogP contribution in [-0.2, 0) is 10.2 Å². The van der Waals surface area contributed by atoms with Gasteiger partial charge in [0.2, 0.25) is 0 Å². The van der Waals surface area contributed by atoms with Crippen molar-refractivity contribution in [3.05, 3.63) is 23.7 Å². The highest BCUT2D eigenvalue weighted by atomic mass is 16.3. The van der Waals surface area contributed by atoms with E-state index in [-0.39, 0.29) is 5.78 Å². The largest absolute Gasteiger partial charge is 0.465 e. The summed E-state index contributed by atoms with van der Waals surface area (Å²) < 4.78 is 5.39. The number of carbonyl (C=O) groups is 1. The van der Waals surface area contributed by atoms with Gasteiger partial charge in [-0.25, -0.2) is 0 Å². The molecular formula is C10H14O2. The Hall–Kier alpha value is -1.05. The van der Waals surface area contributed by atoms with Crippen molar-refractivity contribution in [1.29, 1.82) is 0 Å². The van der Waals surface area contributed by atoms with Crippen molar-refractivity contribution in [3.8, 4) is 0 Å². The normalized spacial score (nSPS) is 11.7. The van der Waals surface area contributed by atoms with Gasteiger partial charge in [-0.3, -0.25) is 4.79 Å². The Morgan fingerprint density at radius 3 is 2.33 bits per heavy atom. The second-order valence-corrected chi connectivity index (χ2v) is 3.59. The van der Waals surface area contributed by atoms with Gasteiger partial charge in [-0.1, -0.05) is 0 Å². The molecule has 0 aromatic carbocycles. The number of furan rings is 1. The van der Waals surface area contributed by atoms with Crippen LogP contribution in [0.4, 0.5) is 0 Å². The number of Topliss-reactive ketones (excluding diaryl/α,β-unsaturated/α-hetero) is 1. The Bertz CT molecular complexity index is 295. The molecular weight excluding hydrogens is 152 g/mol. The molecule has 1 aromatic heterocycles. The molecule has 0 unspecified atom stereocenters. The summed E-state index contributed by atoms with van der Waals surface area (Å²) in [5, 5.41) is 0. The lowest BCUT2D eigenvalue weighted by atomic mass is 9.86. The smallest absolute Gasteiger partial charge is 0.142 e. The first-order chi connectivity index (χ1) is 5.44. The van der Waals surface area contributed by atoms with Gasteiger partial charge in [0.05, 0.1) is 5.41 Å². The Morgan fingerprint density at radius 2 is 2.00 bits per heavy atom. The van der Waals surface area contributed by atoms with Crippen LogP contribution in [0.3, 0.4) is 0 Å². The van der Waals surface area contributed by atoms with Crippen LogP contribution in [0.2, 0.25) is 0 Å². The van der Waals surface area contributed by atoms with Crippen molar-refractivity contribution in [1.82, 2.24) is 0 Å². The monoisotopic (exact) mass is 166 g/mol. The van der Waals surface area contributed by atoms with E-state index in [1.54, 1.807) is 6.92 Å². The summed E-state index contributed by atoms with van der Waals surface area (Å²) in [6.45, 7) is 7.19. The maximum absolute atomic E-state index is 11.2. The third-order valence-electron chi connectivity index (χ3n) is 2.24. The second kappa shape index (κ2) is 2.77. The van der Waals surface area contributed by atoms with Crippen molar-refractivity contribution in [2.75, 3.05) is 0 Å². The summed E-state index contributed by atoms with van der Waals surface area (Å²) in [5.41, 5.74) is -0.492. The van der Waals surface area contributed by atoms with Crippen molar-refractivity contribution in [2.45, 2.75) is 33.1 Å². The SMILES string of the molecule is CC(=O)C(C)(C)c1ccc(C)o1. The molecule has 0 N–H and O–H groups in total. The van der Waals surface area contributed by atoms with Crippen LogP contribution >= 0.6 is 0 Å². The topological polar surface area (TPSA) is 30.2 Å². The van der Waals surface area contributed by atoms with E-state index < -0.39 is 5.41 Å². The summed E-state index contributed by atoms with van der Waals surface area (Å²) in [7, 11) is 0. The minimum absolute atomic E-state index is 0.122. The average Bonchev–Trinajstić information content (AvgIpc) is 2.35. The zero-order valence-electron chi connectivity index (χ0n) is 7.97. The predicted molar refractivity (Wildman–Crippen MR) is 47.2 cm³/mol. The molecule has 0 spiro atoms. The van der Waals surface area contributed by atoms with E-state index in [2.05, 4.69) is 0 Å². The molecule has 1 aromatic rings. The molecule has 0 aliphatic carbocycles. The van der Waals surface area contributed by atoms with Gasteiger partial charge < -0.3 is 4.42 Å². The third-order valence-corrected chi connectivity index (χ3v) is 2.24. The Labute approximate surface area is 72.6 Å². The molecule has 66 valence electrons. The first-order valence-corrected chi connectivity index (χ1v) is 4.02. The number of rotatable bonds is 2. The standard InChI is InChI=1S/C10H14O2/c1-7-5-6-9(12-7)10(3,4)8(2)11/h5-6H,1-4H3. The second-order valence-electron chi connectivity index (χ2n) is 3.59. The van der Waals surface area contributed by atoms with Crippen molar-refractivity contribution in [2.24, 2.45) is 0 Å². The lowest BCUT2D eigenvalue weighted by Gasteiger charge is -2.17.